The van der Waals surface area contributed by atoms with Gasteiger partial charge in [0.15, 0.2) is 11.5 Å². The van der Waals surface area contributed by atoms with Crippen LogP contribution < -0.4 is 24.3 Å². The Morgan fingerprint density at radius 2 is 1.85 bits per heavy atom. The van der Waals surface area contributed by atoms with Crippen LogP contribution in [-0.4, -0.2) is 19.8 Å². The molecule has 172 valence electrons. The Kier molecular flexibility index (Phi) is 7.54. The van der Waals surface area contributed by atoms with E-state index in [1.165, 1.54) is 0 Å². The van der Waals surface area contributed by atoms with Gasteiger partial charge in [0.1, 0.15) is 29.7 Å². The molecule has 0 saturated heterocycles. The van der Waals surface area contributed by atoms with Crippen molar-refractivity contribution >= 4 is 34.6 Å². The molecule has 0 bridgehead atoms. The quantitative estimate of drug-likeness (QED) is 0.238. The summed E-state index contributed by atoms with van der Waals surface area (Å²) in [4.78, 5) is 12.5. The van der Waals surface area contributed by atoms with Crippen molar-refractivity contribution in [2.24, 2.45) is 0 Å². The van der Waals surface area contributed by atoms with E-state index in [9.17, 15) is 10.1 Å². The monoisotopic (exact) mass is 568 g/mol. The Labute approximate surface area is 211 Å². The number of methoxy groups -OCH3 is 1. The van der Waals surface area contributed by atoms with Crippen LogP contribution in [0.15, 0.2) is 66.2 Å². The van der Waals surface area contributed by atoms with Crippen molar-refractivity contribution in [2.75, 3.05) is 13.9 Å². The third kappa shape index (κ3) is 5.80. The number of benzene rings is 3. The fraction of sp³-hybridized carbons (Fsp3) is 0.154. The Morgan fingerprint density at radius 3 is 2.59 bits per heavy atom. The highest BCUT2D eigenvalue weighted by molar-refractivity contribution is 14.1. The molecule has 0 spiro atoms. The highest BCUT2D eigenvalue weighted by Gasteiger charge is 2.14. The zero-order valence-corrected chi connectivity index (χ0v) is 20.5. The minimum atomic E-state index is -0.434. The first kappa shape index (κ1) is 23.4. The van der Waals surface area contributed by atoms with Gasteiger partial charge in [-0.15, -0.1) is 0 Å². The fourth-order valence-electron chi connectivity index (χ4n) is 3.25. The summed E-state index contributed by atoms with van der Waals surface area (Å²) >= 11 is 2.17. The third-order valence-electron chi connectivity index (χ3n) is 5.08. The van der Waals surface area contributed by atoms with E-state index in [0.29, 0.717) is 24.7 Å². The minimum absolute atomic E-state index is 0.0262. The van der Waals surface area contributed by atoms with E-state index in [0.717, 1.165) is 31.8 Å². The highest BCUT2D eigenvalue weighted by atomic mass is 127. The number of hydrogen-bond donors (Lipinski definition) is 1. The number of nitrogens with one attached hydrogen (secondary N) is 1. The van der Waals surface area contributed by atoms with Crippen molar-refractivity contribution in [2.45, 2.75) is 13.2 Å². The molecule has 0 atom stereocenters. The SMILES string of the molecule is COc1ccc(CNC(=O)/C(C#N)=C\c2ccc(OCc3ccc4c(c3)OCO4)c(I)c2)cc1. The number of amides is 1. The number of nitriles is 1. The van der Waals surface area contributed by atoms with Gasteiger partial charge in [0.05, 0.1) is 10.7 Å². The number of halogens is 1. The van der Waals surface area contributed by atoms with Crippen LogP contribution in [0.3, 0.4) is 0 Å². The predicted molar refractivity (Wildman–Crippen MR) is 134 cm³/mol. The number of rotatable bonds is 8. The van der Waals surface area contributed by atoms with E-state index in [-0.39, 0.29) is 12.4 Å². The van der Waals surface area contributed by atoms with Crippen molar-refractivity contribution < 1.29 is 23.7 Å². The minimum Gasteiger partial charge on any atom is -0.497 e. The molecule has 0 saturated carbocycles. The molecular formula is C26H21IN2O5. The molecule has 1 N–H and O–H groups in total. The molecule has 0 unspecified atom stereocenters. The van der Waals surface area contributed by atoms with Crippen LogP contribution in [0.5, 0.6) is 23.0 Å². The molecule has 1 aliphatic rings. The molecule has 3 aromatic carbocycles. The fourth-order valence-corrected chi connectivity index (χ4v) is 3.95. The molecule has 3 aromatic rings. The van der Waals surface area contributed by atoms with Gasteiger partial charge >= 0.3 is 0 Å². The smallest absolute Gasteiger partial charge is 0.262 e. The summed E-state index contributed by atoms with van der Waals surface area (Å²) in [6, 6.07) is 20.5. The molecule has 0 fully saturated rings. The second-order valence-electron chi connectivity index (χ2n) is 7.37. The number of fused-ring (bicyclic) bond motifs is 1. The third-order valence-corrected chi connectivity index (χ3v) is 5.92. The topological polar surface area (TPSA) is 89.8 Å². The van der Waals surface area contributed by atoms with Crippen molar-refractivity contribution in [1.29, 1.82) is 5.26 Å². The first-order valence-electron chi connectivity index (χ1n) is 10.4. The summed E-state index contributed by atoms with van der Waals surface area (Å²) in [6.45, 7) is 0.918. The number of ether oxygens (including phenoxy) is 4. The van der Waals surface area contributed by atoms with Crippen LogP contribution in [0.4, 0.5) is 0 Å². The lowest BCUT2D eigenvalue weighted by Gasteiger charge is -2.10. The first-order valence-corrected chi connectivity index (χ1v) is 11.5. The molecule has 1 amide bonds. The van der Waals surface area contributed by atoms with E-state index in [4.69, 9.17) is 18.9 Å². The van der Waals surface area contributed by atoms with Crippen molar-refractivity contribution in [3.05, 3.63) is 86.5 Å². The highest BCUT2D eigenvalue weighted by Crippen LogP contribution is 2.33. The molecule has 8 heteroatoms. The molecule has 1 heterocycles. The van der Waals surface area contributed by atoms with Gasteiger partial charge in [0, 0.05) is 6.54 Å². The van der Waals surface area contributed by atoms with Gasteiger partial charge in [-0.2, -0.15) is 5.26 Å². The van der Waals surface area contributed by atoms with Crippen molar-refractivity contribution in [3.8, 4) is 29.1 Å². The summed E-state index contributed by atoms with van der Waals surface area (Å²) in [5, 5.41) is 12.3. The van der Waals surface area contributed by atoms with Crippen LogP contribution in [0.1, 0.15) is 16.7 Å². The molecule has 7 nitrogen and oxygen atoms in total. The summed E-state index contributed by atoms with van der Waals surface area (Å²) in [5.74, 6) is 2.46. The lowest BCUT2D eigenvalue weighted by molar-refractivity contribution is -0.117. The average molecular weight is 568 g/mol. The Morgan fingerprint density at radius 1 is 1.09 bits per heavy atom. The van der Waals surface area contributed by atoms with Gasteiger partial charge in [0.25, 0.3) is 5.91 Å². The lowest BCUT2D eigenvalue weighted by Crippen LogP contribution is -2.23. The van der Waals surface area contributed by atoms with Crippen LogP contribution in [-0.2, 0) is 17.9 Å². The maximum absolute atomic E-state index is 12.5. The second-order valence-corrected chi connectivity index (χ2v) is 8.53. The van der Waals surface area contributed by atoms with E-state index >= 15 is 0 Å². The number of carbonyl (C=O) groups excluding carboxylic acids is 1. The molecule has 0 radical (unpaired) electrons. The maximum Gasteiger partial charge on any atom is 0.262 e. The van der Waals surface area contributed by atoms with Gasteiger partial charge < -0.3 is 24.3 Å². The molecule has 0 aromatic heterocycles. The molecule has 1 aliphatic heterocycles. The predicted octanol–water partition coefficient (Wildman–Crippen LogP) is 4.83. The largest absolute Gasteiger partial charge is 0.497 e. The van der Waals surface area contributed by atoms with E-state index in [1.54, 1.807) is 13.2 Å². The van der Waals surface area contributed by atoms with Gasteiger partial charge in [-0.3, -0.25) is 4.79 Å². The van der Waals surface area contributed by atoms with E-state index in [1.807, 2.05) is 66.7 Å². The summed E-state index contributed by atoms with van der Waals surface area (Å²) in [5.41, 5.74) is 2.63. The van der Waals surface area contributed by atoms with Gasteiger partial charge in [-0.1, -0.05) is 24.3 Å². The van der Waals surface area contributed by atoms with E-state index < -0.39 is 5.91 Å². The lowest BCUT2D eigenvalue weighted by atomic mass is 10.1. The van der Waals surface area contributed by atoms with Gasteiger partial charge in [-0.25, -0.2) is 0 Å². The van der Waals surface area contributed by atoms with Crippen molar-refractivity contribution in [1.82, 2.24) is 5.32 Å². The molecule has 0 aliphatic carbocycles. The Balaban J connectivity index is 1.37. The van der Waals surface area contributed by atoms with E-state index in [2.05, 4.69) is 27.9 Å². The van der Waals surface area contributed by atoms with Crippen LogP contribution in [0.25, 0.3) is 6.08 Å². The summed E-state index contributed by atoms with van der Waals surface area (Å²) < 4.78 is 22.7. The second kappa shape index (κ2) is 10.9. The van der Waals surface area contributed by atoms with Crippen molar-refractivity contribution in [3.63, 3.8) is 0 Å². The maximum atomic E-state index is 12.5. The van der Waals surface area contributed by atoms with Gasteiger partial charge in [0.2, 0.25) is 6.79 Å². The van der Waals surface area contributed by atoms with Crippen LogP contribution in [0, 0.1) is 14.9 Å². The molecule has 4 rings (SSSR count). The zero-order valence-electron chi connectivity index (χ0n) is 18.3. The Bertz CT molecular complexity index is 1270. The number of hydrogen-bond acceptors (Lipinski definition) is 6. The average Bonchev–Trinajstić information content (AvgIpc) is 3.33. The zero-order chi connectivity index (χ0) is 23.9. The Hall–Kier alpha value is -3.71. The summed E-state index contributed by atoms with van der Waals surface area (Å²) in [6.07, 6.45) is 1.56. The molecular weight excluding hydrogens is 547 g/mol. The summed E-state index contributed by atoms with van der Waals surface area (Å²) in [7, 11) is 1.60. The number of carbonyl (C=O) groups is 1. The van der Waals surface area contributed by atoms with Crippen LogP contribution in [0.2, 0.25) is 0 Å². The normalized spacial score (nSPS) is 12.1. The first-order chi connectivity index (χ1) is 16.6. The van der Waals surface area contributed by atoms with Crippen LogP contribution >= 0.6 is 22.6 Å². The van der Waals surface area contributed by atoms with Gasteiger partial charge in [-0.05, 0) is 81.8 Å². The standard InChI is InChI=1S/C26H21IN2O5/c1-31-21-6-2-17(3-7-21)14-29-26(30)20(13-28)10-18-4-8-23(22(27)11-18)32-15-19-5-9-24-25(12-19)34-16-33-24/h2-12H,14-16H2,1H3,(H,29,30)/b20-10-. The molecule has 34 heavy (non-hydrogen) atoms. The number of nitrogens with zero attached hydrogens (tertiary/aromatic N) is 1.